The summed E-state index contributed by atoms with van der Waals surface area (Å²) >= 11 is 11.4. The highest BCUT2D eigenvalue weighted by Crippen LogP contribution is 2.24. The van der Waals surface area contributed by atoms with Gasteiger partial charge in [-0.25, -0.2) is 14.2 Å². The van der Waals surface area contributed by atoms with Gasteiger partial charge in [0.15, 0.2) is 0 Å². The van der Waals surface area contributed by atoms with Gasteiger partial charge in [0, 0.05) is 6.20 Å². The van der Waals surface area contributed by atoms with Crippen molar-refractivity contribution >= 4 is 40.7 Å². The average Bonchev–Trinajstić information content (AvgIpc) is 2.37. The lowest BCUT2D eigenvalue weighted by atomic mass is 10.3. The molecule has 2 amide bonds. The predicted molar refractivity (Wildman–Crippen MR) is 73.3 cm³/mol. The Balaban J connectivity index is 2.07. The summed E-state index contributed by atoms with van der Waals surface area (Å²) in [5, 5.41) is 5.30. The van der Waals surface area contributed by atoms with E-state index in [1.54, 1.807) is 6.07 Å². The second-order valence-electron chi connectivity index (χ2n) is 3.54. The number of hydrogen-bond donors (Lipinski definition) is 2. The molecule has 0 fully saturated rings. The average molecular weight is 300 g/mol. The van der Waals surface area contributed by atoms with Gasteiger partial charge in [0.05, 0.1) is 15.7 Å². The van der Waals surface area contributed by atoms with Crippen LogP contribution in [-0.4, -0.2) is 11.0 Å². The quantitative estimate of drug-likeness (QED) is 0.874. The standard InChI is InChI=1S/C12H8Cl2FN3O/c13-7-4-5-10(16-6-7)17-12(19)18-11-8(14)2-1-3-9(11)15/h1-6H,(H2,16,17,18,19). The first kappa shape index (κ1) is 13.6. The molecule has 0 aliphatic rings. The van der Waals surface area contributed by atoms with Gasteiger partial charge < -0.3 is 5.32 Å². The van der Waals surface area contributed by atoms with Crippen LogP contribution >= 0.6 is 23.2 Å². The number of aromatic nitrogens is 1. The van der Waals surface area contributed by atoms with Crippen LogP contribution in [-0.2, 0) is 0 Å². The van der Waals surface area contributed by atoms with Crippen LogP contribution in [0.25, 0.3) is 0 Å². The minimum Gasteiger partial charge on any atom is -0.304 e. The summed E-state index contributed by atoms with van der Waals surface area (Å²) in [6, 6.07) is 6.55. The highest BCUT2D eigenvalue weighted by atomic mass is 35.5. The van der Waals surface area contributed by atoms with E-state index in [1.807, 2.05) is 0 Å². The monoisotopic (exact) mass is 299 g/mol. The predicted octanol–water partition coefficient (Wildman–Crippen LogP) is 4.17. The molecule has 4 nitrogen and oxygen atoms in total. The molecule has 0 bridgehead atoms. The van der Waals surface area contributed by atoms with Gasteiger partial charge in [-0.2, -0.15) is 0 Å². The fraction of sp³-hybridized carbons (Fsp3) is 0. The first-order chi connectivity index (χ1) is 9.06. The first-order valence-electron chi connectivity index (χ1n) is 5.20. The molecule has 2 N–H and O–H groups in total. The van der Waals surface area contributed by atoms with Gasteiger partial charge in [-0.1, -0.05) is 29.3 Å². The van der Waals surface area contributed by atoms with Gasteiger partial charge in [0.25, 0.3) is 0 Å². The van der Waals surface area contributed by atoms with Crippen LogP contribution < -0.4 is 10.6 Å². The van der Waals surface area contributed by atoms with Crippen molar-refractivity contribution < 1.29 is 9.18 Å². The lowest BCUT2D eigenvalue weighted by molar-refractivity contribution is 0.262. The van der Waals surface area contributed by atoms with Crippen LogP contribution in [0.1, 0.15) is 0 Å². The third-order valence-corrected chi connectivity index (χ3v) is 2.71. The second kappa shape index (κ2) is 5.86. The van der Waals surface area contributed by atoms with Gasteiger partial charge in [-0.3, -0.25) is 5.32 Å². The van der Waals surface area contributed by atoms with Crippen molar-refractivity contribution in [1.82, 2.24) is 4.98 Å². The number of amides is 2. The molecule has 0 unspecified atom stereocenters. The number of benzene rings is 1. The fourth-order valence-corrected chi connectivity index (χ4v) is 1.65. The number of nitrogens with one attached hydrogen (secondary N) is 2. The molecular formula is C12H8Cl2FN3O. The first-order valence-corrected chi connectivity index (χ1v) is 5.95. The number of hydrogen-bond acceptors (Lipinski definition) is 2. The Morgan fingerprint density at radius 2 is 1.95 bits per heavy atom. The summed E-state index contributed by atoms with van der Waals surface area (Å²) in [6.45, 7) is 0. The zero-order valence-electron chi connectivity index (χ0n) is 9.45. The van der Waals surface area contributed by atoms with Crippen molar-refractivity contribution in [1.29, 1.82) is 0 Å². The highest BCUT2D eigenvalue weighted by molar-refractivity contribution is 6.33. The molecule has 7 heteroatoms. The summed E-state index contributed by atoms with van der Waals surface area (Å²) in [4.78, 5) is 15.5. The molecule has 2 rings (SSSR count). The van der Waals surface area contributed by atoms with Gasteiger partial charge in [0.2, 0.25) is 0 Å². The van der Waals surface area contributed by atoms with Crippen LogP contribution in [0.15, 0.2) is 36.5 Å². The number of carbonyl (C=O) groups is 1. The smallest absolute Gasteiger partial charge is 0.304 e. The summed E-state index contributed by atoms with van der Waals surface area (Å²) < 4.78 is 13.4. The minimum atomic E-state index is -0.651. The van der Waals surface area contributed by atoms with E-state index < -0.39 is 11.8 Å². The summed E-state index contributed by atoms with van der Waals surface area (Å²) in [7, 11) is 0. The van der Waals surface area contributed by atoms with Gasteiger partial charge in [-0.05, 0) is 24.3 Å². The highest BCUT2D eigenvalue weighted by Gasteiger charge is 2.10. The number of carbonyl (C=O) groups excluding carboxylic acids is 1. The van der Waals surface area contributed by atoms with Gasteiger partial charge in [0.1, 0.15) is 11.6 Å². The number of pyridine rings is 1. The Bertz CT molecular complexity index is 584. The number of urea groups is 1. The molecule has 0 aliphatic carbocycles. The Hall–Kier alpha value is -1.85. The van der Waals surface area contributed by atoms with Crippen molar-refractivity contribution in [3.05, 3.63) is 52.4 Å². The second-order valence-corrected chi connectivity index (χ2v) is 4.38. The van der Waals surface area contributed by atoms with Crippen LogP contribution in [0.4, 0.5) is 20.7 Å². The Morgan fingerprint density at radius 3 is 2.58 bits per heavy atom. The van der Waals surface area contributed by atoms with Gasteiger partial charge in [-0.15, -0.1) is 0 Å². The van der Waals surface area contributed by atoms with Crippen LogP contribution in [0.5, 0.6) is 0 Å². The molecule has 1 heterocycles. The number of halogens is 3. The van der Waals surface area contributed by atoms with Gasteiger partial charge >= 0.3 is 6.03 Å². The van der Waals surface area contributed by atoms with Crippen molar-refractivity contribution in [3.8, 4) is 0 Å². The van der Waals surface area contributed by atoms with E-state index in [0.717, 1.165) is 0 Å². The topological polar surface area (TPSA) is 54.0 Å². The van der Waals surface area contributed by atoms with Crippen LogP contribution in [0.3, 0.4) is 0 Å². The lowest BCUT2D eigenvalue weighted by Crippen LogP contribution is -2.20. The largest absolute Gasteiger partial charge is 0.324 e. The molecule has 0 aliphatic heterocycles. The van der Waals surface area contributed by atoms with E-state index in [-0.39, 0.29) is 16.5 Å². The maximum absolute atomic E-state index is 13.4. The van der Waals surface area contributed by atoms with E-state index in [4.69, 9.17) is 23.2 Å². The molecule has 2 aromatic rings. The maximum Gasteiger partial charge on any atom is 0.324 e. The Kier molecular flexibility index (Phi) is 4.19. The number of rotatable bonds is 2. The van der Waals surface area contributed by atoms with Crippen LogP contribution in [0.2, 0.25) is 10.0 Å². The van der Waals surface area contributed by atoms with E-state index in [9.17, 15) is 9.18 Å². The molecule has 1 aromatic carbocycles. The summed E-state index contributed by atoms with van der Waals surface area (Å²) in [5.74, 6) is -0.332. The van der Waals surface area contributed by atoms with Crippen LogP contribution in [0, 0.1) is 5.82 Å². The van der Waals surface area contributed by atoms with E-state index in [2.05, 4.69) is 15.6 Å². The lowest BCUT2D eigenvalue weighted by Gasteiger charge is -2.09. The molecule has 0 spiro atoms. The van der Waals surface area contributed by atoms with E-state index >= 15 is 0 Å². The third kappa shape index (κ3) is 3.56. The fourth-order valence-electron chi connectivity index (χ4n) is 1.33. The molecule has 1 aromatic heterocycles. The molecule has 98 valence electrons. The normalized spacial score (nSPS) is 10.1. The minimum absolute atomic E-state index is 0.0874. The summed E-state index contributed by atoms with van der Waals surface area (Å²) in [6.07, 6.45) is 1.38. The third-order valence-electron chi connectivity index (χ3n) is 2.17. The SMILES string of the molecule is O=C(Nc1ccc(Cl)cn1)Nc1c(F)cccc1Cl. The molecule has 0 radical (unpaired) electrons. The zero-order valence-corrected chi connectivity index (χ0v) is 11.0. The molecule has 0 saturated carbocycles. The summed E-state index contributed by atoms with van der Waals surface area (Å²) in [5.41, 5.74) is -0.0874. The van der Waals surface area contributed by atoms with Crippen molar-refractivity contribution in [2.45, 2.75) is 0 Å². The Labute approximate surface area is 118 Å². The van der Waals surface area contributed by atoms with Crippen molar-refractivity contribution in [2.24, 2.45) is 0 Å². The molecule has 0 atom stereocenters. The van der Waals surface area contributed by atoms with E-state index in [1.165, 1.54) is 30.5 Å². The Morgan fingerprint density at radius 1 is 1.16 bits per heavy atom. The maximum atomic E-state index is 13.4. The number of nitrogens with zero attached hydrogens (tertiary/aromatic N) is 1. The zero-order chi connectivity index (χ0) is 13.8. The van der Waals surface area contributed by atoms with Crippen molar-refractivity contribution in [3.63, 3.8) is 0 Å². The molecular weight excluding hydrogens is 292 g/mol. The number of para-hydroxylation sites is 1. The number of anilines is 2. The van der Waals surface area contributed by atoms with Crippen molar-refractivity contribution in [2.75, 3.05) is 10.6 Å². The molecule has 19 heavy (non-hydrogen) atoms. The molecule has 0 saturated heterocycles. The van der Waals surface area contributed by atoms with E-state index in [0.29, 0.717) is 5.02 Å².